The van der Waals surface area contributed by atoms with Gasteiger partial charge < -0.3 is 11.1 Å². The second-order valence-corrected chi connectivity index (χ2v) is 8.00. The molecular weight excluding hydrogens is 392 g/mol. The molecule has 2 aromatic rings. The zero-order valence-corrected chi connectivity index (χ0v) is 16.1. The summed E-state index contributed by atoms with van der Waals surface area (Å²) >= 11 is 7.43. The standard InChI is InChI=1S/C19H18ClF2N3OS/c1-19(6-7-27-18(23)25-19)12-3-5-15(22)16(9-12)24-17(26)8-11-2-4-13(21)10-14(11)20/h2-5,9-10H,6-8H2,1H3,(H2,23,25)(H,24,26). The van der Waals surface area contributed by atoms with Crippen LogP contribution in [0.25, 0.3) is 0 Å². The molecule has 0 radical (unpaired) electrons. The topological polar surface area (TPSA) is 67.5 Å². The summed E-state index contributed by atoms with van der Waals surface area (Å²) in [6.07, 6.45) is 0.657. The van der Waals surface area contributed by atoms with Crippen molar-refractivity contribution in [3.8, 4) is 0 Å². The van der Waals surface area contributed by atoms with Gasteiger partial charge in [-0.1, -0.05) is 35.5 Å². The molecule has 1 amide bonds. The molecule has 1 atom stereocenters. The van der Waals surface area contributed by atoms with Gasteiger partial charge in [0.15, 0.2) is 5.17 Å². The average Bonchev–Trinajstić information content (AvgIpc) is 2.59. The lowest BCUT2D eigenvalue weighted by Gasteiger charge is -2.30. The highest BCUT2D eigenvalue weighted by Gasteiger charge is 2.30. The number of carbonyl (C=O) groups is 1. The van der Waals surface area contributed by atoms with Gasteiger partial charge in [-0.3, -0.25) is 9.79 Å². The third kappa shape index (κ3) is 4.59. The van der Waals surface area contributed by atoms with E-state index in [1.807, 2.05) is 6.92 Å². The Hall–Kier alpha value is -2.12. The van der Waals surface area contributed by atoms with Crippen LogP contribution in [0.15, 0.2) is 41.4 Å². The second kappa shape index (κ2) is 7.86. The van der Waals surface area contributed by atoms with E-state index in [-0.39, 0.29) is 17.1 Å². The van der Waals surface area contributed by atoms with Crippen LogP contribution in [-0.2, 0) is 16.8 Å². The zero-order valence-electron chi connectivity index (χ0n) is 14.6. The summed E-state index contributed by atoms with van der Waals surface area (Å²) in [5.74, 6) is -0.676. The number of anilines is 1. The molecule has 1 aliphatic rings. The van der Waals surface area contributed by atoms with Crippen LogP contribution in [0, 0.1) is 11.6 Å². The smallest absolute Gasteiger partial charge is 0.228 e. The lowest BCUT2D eigenvalue weighted by molar-refractivity contribution is -0.115. The van der Waals surface area contributed by atoms with Crippen LogP contribution in [0.4, 0.5) is 14.5 Å². The number of nitrogens with zero attached hydrogens (tertiary/aromatic N) is 1. The fraction of sp³-hybridized carbons (Fsp3) is 0.263. The van der Waals surface area contributed by atoms with Crippen molar-refractivity contribution in [3.05, 3.63) is 64.2 Å². The Morgan fingerprint density at radius 1 is 1.33 bits per heavy atom. The Balaban J connectivity index is 1.80. The van der Waals surface area contributed by atoms with Crippen molar-refractivity contribution >= 4 is 40.1 Å². The second-order valence-electron chi connectivity index (χ2n) is 6.48. The number of carbonyl (C=O) groups excluding carboxylic acids is 1. The fourth-order valence-corrected chi connectivity index (χ4v) is 4.09. The Morgan fingerprint density at radius 3 is 2.81 bits per heavy atom. The van der Waals surface area contributed by atoms with Crippen molar-refractivity contribution in [1.82, 2.24) is 0 Å². The van der Waals surface area contributed by atoms with Gasteiger partial charge in [0.05, 0.1) is 17.6 Å². The van der Waals surface area contributed by atoms with E-state index in [2.05, 4.69) is 10.3 Å². The molecular formula is C19H18ClF2N3OS. The number of hydrogen-bond acceptors (Lipinski definition) is 4. The molecule has 27 heavy (non-hydrogen) atoms. The minimum atomic E-state index is -0.567. The number of nitrogens with two attached hydrogens (primary N) is 1. The number of aliphatic imine (C=N–C) groups is 1. The molecule has 1 heterocycles. The van der Waals surface area contributed by atoms with E-state index in [0.29, 0.717) is 10.7 Å². The monoisotopic (exact) mass is 409 g/mol. The number of rotatable bonds is 4. The first-order valence-electron chi connectivity index (χ1n) is 8.29. The number of amidine groups is 1. The van der Waals surface area contributed by atoms with E-state index in [1.165, 1.54) is 30.0 Å². The van der Waals surface area contributed by atoms with Gasteiger partial charge in [0.25, 0.3) is 0 Å². The number of nitrogens with one attached hydrogen (secondary N) is 1. The Bertz CT molecular complexity index is 922. The number of benzene rings is 2. The average molecular weight is 410 g/mol. The van der Waals surface area contributed by atoms with Crippen LogP contribution in [0.1, 0.15) is 24.5 Å². The van der Waals surface area contributed by atoms with E-state index in [0.717, 1.165) is 23.8 Å². The van der Waals surface area contributed by atoms with Crippen LogP contribution < -0.4 is 11.1 Å². The molecule has 0 aromatic heterocycles. The van der Waals surface area contributed by atoms with Gasteiger partial charge in [-0.05, 0) is 48.7 Å². The van der Waals surface area contributed by atoms with Crippen molar-refractivity contribution in [1.29, 1.82) is 0 Å². The first kappa shape index (κ1) is 19.6. The molecule has 0 spiro atoms. The van der Waals surface area contributed by atoms with Crippen LogP contribution in [0.5, 0.6) is 0 Å². The van der Waals surface area contributed by atoms with Gasteiger partial charge in [-0.2, -0.15) is 0 Å². The Labute approximate surface area is 165 Å². The highest BCUT2D eigenvalue weighted by Crippen LogP contribution is 2.36. The van der Waals surface area contributed by atoms with E-state index in [9.17, 15) is 13.6 Å². The Kier molecular flexibility index (Phi) is 5.72. The van der Waals surface area contributed by atoms with Gasteiger partial charge in [-0.15, -0.1) is 0 Å². The zero-order chi connectivity index (χ0) is 19.6. The molecule has 3 N–H and O–H groups in total. The number of halogens is 3. The van der Waals surface area contributed by atoms with Crippen molar-refractivity contribution < 1.29 is 13.6 Å². The van der Waals surface area contributed by atoms with Crippen LogP contribution in [0.3, 0.4) is 0 Å². The third-order valence-corrected chi connectivity index (χ3v) is 5.57. The molecule has 1 aliphatic heterocycles. The van der Waals surface area contributed by atoms with E-state index < -0.39 is 23.1 Å². The molecule has 0 saturated carbocycles. The molecule has 142 valence electrons. The van der Waals surface area contributed by atoms with Crippen molar-refractivity contribution in [2.45, 2.75) is 25.3 Å². The molecule has 0 aliphatic carbocycles. The highest BCUT2D eigenvalue weighted by atomic mass is 35.5. The van der Waals surface area contributed by atoms with Crippen LogP contribution in [-0.4, -0.2) is 16.8 Å². The first-order valence-corrected chi connectivity index (χ1v) is 9.65. The minimum absolute atomic E-state index is 0.0592. The molecule has 0 bridgehead atoms. The molecule has 2 aromatic carbocycles. The summed E-state index contributed by atoms with van der Waals surface area (Å²) in [6, 6.07) is 8.31. The third-order valence-electron chi connectivity index (χ3n) is 4.42. The van der Waals surface area contributed by atoms with Crippen LogP contribution >= 0.6 is 23.4 Å². The number of hydrogen-bond donors (Lipinski definition) is 2. The van der Waals surface area contributed by atoms with Gasteiger partial charge in [0.2, 0.25) is 5.91 Å². The molecule has 1 unspecified atom stereocenters. The van der Waals surface area contributed by atoms with Gasteiger partial charge in [0, 0.05) is 10.8 Å². The highest BCUT2D eigenvalue weighted by molar-refractivity contribution is 8.13. The van der Waals surface area contributed by atoms with Gasteiger partial charge in [-0.25, -0.2) is 8.78 Å². The summed E-state index contributed by atoms with van der Waals surface area (Å²) < 4.78 is 27.3. The molecule has 3 rings (SSSR count). The maximum Gasteiger partial charge on any atom is 0.228 e. The summed E-state index contributed by atoms with van der Waals surface area (Å²) in [5, 5.41) is 3.20. The maximum atomic E-state index is 14.2. The van der Waals surface area contributed by atoms with E-state index >= 15 is 0 Å². The number of thioether (sulfide) groups is 1. The SMILES string of the molecule is CC1(c2ccc(F)c(NC(=O)Cc3ccc(F)cc3Cl)c2)CCSC(N)=N1. The predicted molar refractivity (Wildman–Crippen MR) is 106 cm³/mol. The predicted octanol–water partition coefficient (Wildman–Crippen LogP) is 4.47. The first-order chi connectivity index (χ1) is 12.8. The summed E-state index contributed by atoms with van der Waals surface area (Å²) in [4.78, 5) is 16.8. The lowest BCUT2D eigenvalue weighted by atomic mass is 9.89. The molecule has 0 fully saturated rings. The maximum absolute atomic E-state index is 14.2. The Morgan fingerprint density at radius 2 is 2.11 bits per heavy atom. The number of amides is 1. The minimum Gasteiger partial charge on any atom is -0.379 e. The molecule has 8 heteroatoms. The summed E-state index contributed by atoms with van der Waals surface area (Å²) in [6.45, 7) is 1.93. The normalized spacial score (nSPS) is 19.5. The van der Waals surface area contributed by atoms with E-state index in [4.69, 9.17) is 17.3 Å². The van der Waals surface area contributed by atoms with E-state index in [1.54, 1.807) is 12.1 Å². The van der Waals surface area contributed by atoms with Gasteiger partial charge in [0.1, 0.15) is 11.6 Å². The quantitative estimate of drug-likeness (QED) is 0.783. The summed E-state index contributed by atoms with van der Waals surface area (Å²) in [5.41, 5.74) is 6.55. The van der Waals surface area contributed by atoms with Crippen LogP contribution in [0.2, 0.25) is 5.02 Å². The van der Waals surface area contributed by atoms with Crippen molar-refractivity contribution in [3.63, 3.8) is 0 Å². The lowest BCUT2D eigenvalue weighted by Crippen LogP contribution is -2.29. The molecule has 4 nitrogen and oxygen atoms in total. The largest absolute Gasteiger partial charge is 0.379 e. The molecule has 0 saturated heterocycles. The van der Waals surface area contributed by atoms with Crippen molar-refractivity contribution in [2.75, 3.05) is 11.1 Å². The fourth-order valence-electron chi connectivity index (χ4n) is 2.88. The summed E-state index contributed by atoms with van der Waals surface area (Å²) in [7, 11) is 0. The van der Waals surface area contributed by atoms with Gasteiger partial charge >= 0.3 is 0 Å². The van der Waals surface area contributed by atoms with Crippen molar-refractivity contribution in [2.24, 2.45) is 10.7 Å².